The minimum atomic E-state index is -0.317. The van der Waals surface area contributed by atoms with Crippen LogP contribution >= 0.6 is 11.8 Å². The molecule has 5 nitrogen and oxygen atoms in total. The van der Waals surface area contributed by atoms with E-state index in [1.165, 1.54) is 28.5 Å². The van der Waals surface area contributed by atoms with Crippen LogP contribution in [0.5, 0.6) is 0 Å². The van der Waals surface area contributed by atoms with E-state index in [2.05, 4.69) is 91.4 Å². The van der Waals surface area contributed by atoms with Crippen LogP contribution in [-0.4, -0.2) is 27.4 Å². The molecular formula is C23H27N4OS+. The molecule has 1 amide bonds. The Bertz CT molecular complexity index is 1020. The number of H-pyrrole nitrogens is 2. The van der Waals surface area contributed by atoms with Crippen LogP contribution in [0.3, 0.4) is 0 Å². The average Bonchev–Trinajstić information content (AvgIpc) is 3.21. The maximum absolute atomic E-state index is 13.4. The highest BCUT2D eigenvalue weighted by Gasteiger charge is 2.47. The molecule has 1 aromatic heterocycles. The number of carbonyl (C=O) groups is 1. The zero-order valence-corrected chi connectivity index (χ0v) is 18.1. The molecule has 6 heteroatoms. The van der Waals surface area contributed by atoms with Gasteiger partial charge in [-0.05, 0) is 56.1 Å². The van der Waals surface area contributed by atoms with Crippen LogP contribution in [0.25, 0.3) is 0 Å². The van der Waals surface area contributed by atoms with Crippen LogP contribution in [-0.2, 0) is 10.2 Å². The molecule has 4 rings (SSSR count). The van der Waals surface area contributed by atoms with Crippen LogP contribution in [0.2, 0.25) is 0 Å². The predicted octanol–water partition coefficient (Wildman–Crippen LogP) is 4.15. The molecule has 1 atom stereocenters. The van der Waals surface area contributed by atoms with Crippen molar-refractivity contribution in [2.24, 2.45) is 0 Å². The summed E-state index contributed by atoms with van der Waals surface area (Å²) in [4.78, 5) is 18.4. The van der Waals surface area contributed by atoms with E-state index in [1.807, 2.05) is 4.90 Å². The molecule has 0 bridgehead atoms. The topological polar surface area (TPSA) is 63.1 Å². The smallest absolute Gasteiger partial charge is 0.291 e. The number of amides is 1. The van der Waals surface area contributed by atoms with Crippen LogP contribution in [0.4, 0.5) is 5.69 Å². The number of carbonyl (C=O) groups excluding carboxylic acids is 1. The van der Waals surface area contributed by atoms with Gasteiger partial charge < -0.3 is 4.90 Å². The van der Waals surface area contributed by atoms with Gasteiger partial charge in [0.1, 0.15) is 0 Å². The summed E-state index contributed by atoms with van der Waals surface area (Å²) in [6, 6.07) is 17.1. The van der Waals surface area contributed by atoms with Crippen molar-refractivity contribution in [3.63, 3.8) is 0 Å². The number of benzene rings is 2. The largest absolute Gasteiger partial charge is 0.306 e. The Hall–Kier alpha value is -2.60. The number of nitrogens with one attached hydrogen (secondary N) is 2. The lowest BCUT2D eigenvalue weighted by molar-refractivity contribution is -0.426. The van der Waals surface area contributed by atoms with Crippen molar-refractivity contribution in [3.8, 4) is 0 Å². The Balaban J connectivity index is 1.77. The standard InChI is InChI=1S/C23H26N4OS/c1-16-10-11-19-18(12-16)23(4,17-8-6-5-7-9-17)14-22(2,3)27(19)20(28)13-29-21-24-15-25-26-21/h5-12,15H,13-14H2,1-4H3,(H,24,25,26)/p+1. The molecule has 2 heterocycles. The number of anilines is 1. The number of aromatic amines is 2. The van der Waals surface area contributed by atoms with Gasteiger partial charge in [-0.2, -0.15) is 0 Å². The SMILES string of the molecule is Cc1ccc2c(c1)C(C)(c1ccccc1)CC(C)(C)N2C(=O)CSc1[nH]nc[nH+]1. The first kappa shape index (κ1) is 19.7. The minimum absolute atomic E-state index is 0.100. The van der Waals surface area contributed by atoms with Crippen LogP contribution in [0.1, 0.15) is 43.9 Å². The number of hydrogen-bond acceptors (Lipinski definition) is 3. The molecule has 0 saturated carbocycles. The lowest BCUT2D eigenvalue weighted by Gasteiger charge is -2.51. The number of aromatic nitrogens is 3. The molecule has 0 spiro atoms. The number of rotatable bonds is 4. The first-order chi connectivity index (χ1) is 13.8. The number of nitrogens with zero attached hydrogens (tertiary/aromatic N) is 2. The monoisotopic (exact) mass is 407 g/mol. The second-order valence-corrected chi connectivity index (χ2v) is 9.55. The van der Waals surface area contributed by atoms with E-state index in [1.54, 1.807) is 6.33 Å². The van der Waals surface area contributed by atoms with Gasteiger partial charge in [-0.25, -0.2) is 4.98 Å². The second kappa shape index (κ2) is 7.34. The fourth-order valence-electron chi connectivity index (χ4n) is 4.67. The first-order valence-corrected chi connectivity index (χ1v) is 10.8. The molecule has 1 aliphatic heterocycles. The van der Waals surface area contributed by atoms with E-state index < -0.39 is 0 Å². The third-order valence-electron chi connectivity index (χ3n) is 5.81. The predicted molar refractivity (Wildman–Crippen MR) is 116 cm³/mol. The van der Waals surface area contributed by atoms with Gasteiger partial charge >= 0.3 is 0 Å². The Labute approximate surface area is 175 Å². The summed E-state index contributed by atoms with van der Waals surface area (Å²) in [5, 5.41) is 7.56. The first-order valence-electron chi connectivity index (χ1n) is 9.85. The maximum Gasteiger partial charge on any atom is 0.291 e. The van der Waals surface area contributed by atoms with Crippen molar-refractivity contribution in [2.75, 3.05) is 10.7 Å². The molecule has 0 fully saturated rings. The Morgan fingerprint density at radius 1 is 1.21 bits per heavy atom. The van der Waals surface area contributed by atoms with Crippen LogP contribution in [0.15, 0.2) is 60.0 Å². The van der Waals surface area contributed by atoms with E-state index in [-0.39, 0.29) is 16.9 Å². The summed E-state index contributed by atoms with van der Waals surface area (Å²) < 4.78 is 0. The van der Waals surface area contributed by atoms with E-state index >= 15 is 0 Å². The molecule has 1 unspecified atom stereocenters. The van der Waals surface area contributed by atoms with Gasteiger partial charge in [0.15, 0.2) is 0 Å². The lowest BCUT2D eigenvalue weighted by atomic mass is 9.65. The summed E-state index contributed by atoms with van der Waals surface area (Å²) in [6.07, 6.45) is 2.44. The molecule has 0 radical (unpaired) electrons. The zero-order chi connectivity index (χ0) is 20.6. The molecule has 29 heavy (non-hydrogen) atoms. The number of fused-ring (bicyclic) bond motifs is 1. The third kappa shape index (κ3) is 3.57. The van der Waals surface area contributed by atoms with Crippen molar-refractivity contribution < 1.29 is 9.78 Å². The fourth-order valence-corrected chi connectivity index (χ4v) is 5.32. The lowest BCUT2D eigenvalue weighted by Crippen LogP contribution is -2.56. The molecule has 0 aliphatic carbocycles. The summed E-state index contributed by atoms with van der Waals surface area (Å²) in [5.74, 6) is 0.445. The Kier molecular flexibility index (Phi) is 4.99. The second-order valence-electron chi connectivity index (χ2n) is 8.57. The van der Waals surface area contributed by atoms with Gasteiger partial charge in [-0.15, -0.1) is 5.10 Å². The van der Waals surface area contributed by atoms with Crippen molar-refractivity contribution >= 4 is 23.4 Å². The molecule has 150 valence electrons. The third-order valence-corrected chi connectivity index (χ3v) is 6.69. The molecule has 1 aliphatic rings. The van der Waals surface area contributed by atoms with E-state index in [4.69, 9.17) is 0 Å². The number of thioether (sulfide) groups is 1. The van der Waals surface area contributed by atoms with E-state index in [9.17, 15) is 4.79 Å². The van der Waals surface area contributed by atoms with Gasteiger partial charge in [-0.3, -0.25) is 4.79 Å². The van der Waals surface area contributed by atoms with Crippen molar-refractivity contribution in [3.05, 3.63) is 71.5 Å². The van der Waals surface area contributed by atoms with E-state index in [0.717, 1.165) is 17.3 Å². The Morgan fingerprint density at radius 3 is 2.66 bits per heavy atom. The molecular weight excluding hydrogens is 380 g/mol. The molecule has 0 saturated heterocycles. The molecule has 2 N–H and O–H groups in total. The fraction of sp³-hybridized carbons (Fsp3) is 0.348. The molecule has 3 aromatic rings. The summed E-state index contributed by atoms with van der Waals surface area (Å²) in [5.41, 5.74) is 4.25. The quantitative estimate of drug-likeness (QED) is 0.661. The zero-order valence-electron chi connectivity index (χ0n) is 17.3. The highest BCUT2D eigenvalue weighted by atomic mass is 32.2. The van der Waals surface area contributed by atoms with Gasteiger partial charge in [-0.1, -0.05) is 55.0 Å². The molecule has 2 aromatic carbocycles. The number of hydrogen-bond donors (Lipinski definition) is 1. The summed E-state index contributed by atoms with van der Waals surface area (Å²) in [7, 11) is 0. The maximum atomic E-state index is 13.4. The normalized spacial score (nSPS) is 20.3. The van der Waals surface area contributed by atoms with Crippen molar-refractivity contribution in [1.82, 2.24) is 10.2 Å². The number of aryl methyl sites for hydroxylation is 1. The van der Waals surface area contributed by atoms with Gasteiger partial charge in [0.25, 0.3) is 11.5 Å². The van der Waals surface area contributed by atoms with E-state index in [0.29, 0.717) is 5.75 Å². The summed E-state index contributed by atoms with van der Waals surface area (Å²) in [6.45, 7) is 8.75. The van der Waals surface area contributed by atoms with Crippen LogP contribution in [0, 0.1) is 6.92 Å². The summed E-state index contributed by atoms with van der Waals surface area (Å²) >= 11 is 1.44. The van der Waals surface area contributed by atoms with Crippen molar-refractivity contribution in [1.29, 1.82) is 0 Å². The van der Waals surface area contributed by atoms with Crippen molar-refractivity contribution in [2.45, 2.75) is 50.2 Å². The van der Waals surface area contributed by atoms with Gasteiger partial charge in [0, 0.05) is 21.7 Å². The van der Waals surface area contributed by atoms with Crippen LogP contribution < -0.4 is 9.88 Å². The average molecular weight is 408 g/mol. The highest BCUT2D eigenvalue weighted by Crippen LogP contribution is 2.50. The van der Waals surface area contributed by atoms with Gasteiger partial charge in [0.2, 0.25) is 5.91 Å². The minimum Gasteiger partial charge on any atom is -0.306 e. The Morgan fingerprint density at radius 2 is 1.97 bits per heavy atom. The van der Waals surface area contributed by atoms with Gasteiger partial charge in [0.05, 0.1) is 5.75 Å². The highest BCUT2D eigenvalue weighted by molar-refractivity contribution is 7.99.